The standard InChI is InChI=1S/C11H8Cl6O4/c1-2-21-8(20)4-3(7(18)19)9(14)5(12)6(13)10(4,15)11(9,16)17/h3-4H,2H2,1H3,(H,18,19)/t3-,4+,9?,10?/m0/s1. The van der Waals surface area contributed by atoms with Crippen LogP contribution in [0.25, 0.3) is 0 Å². The molecule has 0 amide bonds. The number of aliphatic carboxylic acids is 1. The van der Waals surface area contributed by atoms with Gasteiger partial charge in [-0.1, -0.05) is 46.4 Å². The van der Waals surface area contributed by atoms with Gasteiger partial charge in [0.2, 0.25) is 0 Å². The highest BCUT2D eigenvalue weighted by Gasteiger charge is 2.85. The fourth-order valence-electron chi connectivity index (χ4n) is 2.83. The highest BCUT2D eigenvalue weighted by Crippen LogP contribution is 2.76. The first kappa shape index (κ1) is 17.8. The Hall–Kier alpha value is 0.420. The van der Waals surface area contributed by atoms with Gasteiger partial charge in [-0.3, -0.25) is 9.59 Å². The summed E-state index contributed by atoms with van der Waals surface area (Å²) in [7, 11) is 0. The third kappa shape index (κ3) is 1.84. The highest BCUT2D eigenvalue weighted by atomic mass is 35.5. The van der Waals surface area contributed by atoms with Crippen molar-refractivity contribution in [2.24, 2.45) is 11.8 Å². The molecule has 21 heavy (non-hydrogen) atoms. The van der Waals surface area contributed by atoms with Crippen LogP contribution in [-0.2, 0) is 14.3 Å². The molecule has 0 saturated heterocycles. The first-order valence-electron chi connectivity index (χ1n) is 5.70. The summed E-state index contributed by atoms with van der Waals surface area (Å²) < 4.78 is 2.76. The molecule has 2 aliphatic carbocycles. The number of hydrogen-bond acceptors (Lipinski definition) is 3. The summed E-state index contributed by atoms with van der Waals surface area (Å²) in [5, 5.41) is 8.92. The zero-order valence-corrected chi connectivity index (χ0v) is 14.8. The Kier molecular flexibility index (Phi) is 4.41. The van der Waals surface area contributed by atoms with Crippen LogP contribution in [0.3, 0.4) is 0 Å². The van der Waals surface area contributed by atoms with Crippen LogP contribution in [0.5, 0.6) is 0 Å². The number of hydrogen-bond donors (Lipinski definition) is 1. The molecule has 0 spiro atoms. The van der Waals surface area contributed by atoms with E-state index in [-0.39, 0.29) is 16.7 Å². The third-order valence-electron chi connectivity index (χ3n) is 3.74. The minimum Gasteiger partial charge on any atom is -0.481 e. The van der Waals surface area contributed by atoms with E-state index in [1.54, 1.807) is 6.92 Å². The predicted octanol–water partition coefficient (Wildman–Crippen LogP) is 3.71. The van der Waals surface area contributed by atoms with Crippen LogP contribution in [0.4, 0.5) is 0 Å². The fraction of sp³-hybridized carbons (Fsp3) is 0.636. The lowest BCUT2D eigenvalue weighted by Crippen LogP contribution is -2.46. The lowest BCUT2D eigenvalue weighted by molar-refractivity contribution is -0.157. The van der Waals surface area contributed by atoms with Crippen LogP contribution in [0, 0.1) is 11.8 Å². The topological polar surface area (TPSA) is 63.6 Å². The maximum atomic E-state index is 12.2. The largest absolute Gasteiger partial charge is 0.481 e. The molecule has 0 heterocycles. The maximum Gasteiger partial charge on any atom is 0.312 e. The van der Waals surface area contributed by atoms with Gasteiger partial charge in [0.05, 0.1) is 28.5 Å². The van der Waals surface area contributed by atoms with Crippen molar-refractivity contribution in [3.63, 3.8) is 0 Å². The van der Waals surface area contributed by atoms with E-state index in [1.807, 2.05) is 0 Å². The lowest BCUT2D eigenvalue weighted by atomic mass is 9.82. The average Bonchev–Trinajstić information content (AvgIpc) is 2.58. The van der Waals surface area contributed by atoms with Gasteiger partial charge in [0.25, 0.3) is 0 Å². The molecule has 2 unspecified atom stereocenters. The van der Waals surface area contributed by atoms with E-state index in [1.165, 1.54) is 0 Å². The zero-order valence-electron chi connectivity index (χ0n) is 10.3. The summed E-state index contributed by atoms with van der Waals surface area (Å²) >= 11 is 37.1. The van der Waals surface area contributed by atoms with Crippen molar-refractivity contribution < 1.29 is 19.4 Å². The number of carboxylic acid groups (broad SMARTS) is 1. The molecule has 4 atom stereocenters. The Balaban J connectivity index is 2.73. The first-order valence-corrected chi connectivity index (χ1v) is 7.97. The summed E-state index contributed by atoms with van der Waals surface area (Å²) in [5.74, 6) is -5.39. The molecule has 2 bridgehead atoms. The van der Waals surface area contributed by atoms with Crippen molar-refractivity contribution in [1.82, 2.24) is 0 Å². The smallest absolute Gasteiger partial charge is 0.312 e. The van der Waals surface area contributed by atoms with Crippen LogP contribution >= 0.6 is 69.6 Å². The molecule has 0 aromatic carbocycles. The quantitative estimate of drug-likeness (QED) is 0.562. The Morgan fingerprint density at radius 1 is 1.10 bits per heavy atom. The second-order valence-corrected chi connectivity index (χ2v) is 7.95. The highest BCUT2D eigenvalue weighted by molar-refractivity contribution is 6.66. The number of alkyl halides is 4. The van der Waals surface area contributed by atoms with Crippen molar-refractivity contribution in [3.05, 3.63) is 10.1 Å². The summed E-state index contributed by atoms with van der Waals surface area (Å²) in [6.07, 6.45) is 0. The van der Waals surface area contributed by atoms with E-state index in [0.29, 0.717) is 0 Å². The maximum absolute atomic E-state index is 12.2. The van der Waals surface area contributed by atoms with E-state index in [9.17, 15) is 14.7 Å². The number of carboxylic acids is 1. The van der Waals surface area contributed by atoms with Gasteiger partial charge >= 0.3 is 11.9 Å². The second kappa shape index (κ2) is 5.22. The van der Waals surface area contributed by atoms with Crippen LogP contribution in [0.15, 0.2) is 10.1 Å². The molecule has 1 saturated carbocycles. The summed E-state index contributed by atoms with van der Waals surface area (Å²) in [4.78, 5) is 19.8. The van der Waals surface area contributed by atoms with Gasteiger partial charge in [0.1, 0.15) is 9.75 Å². The van der Waals surface area contributed by atoms with Gasteiger partial charge in [-0.05, 0) is 6.92 Å². The van der Waals surface area contributed by atoms with Crippen molar-refractivity contribution >= 4 is 81.5 Å². The number of carbonyl (C=O) groups is 2. The van der Waals surface area contributed by atoms with Gasteiger partial charge < -0.3 is 9.84 Å². The Morgan fingerprint density at radius 2 is 1.52 bits per heavy atom. The molecule has 1 N–H and O–H groups in total. The minimum absolute atomic E-state index is 0.0105. The molecule has 0 aromatic rings. The summed E-state index contributed by atoms with van der Waals surface area (Å²) in [6, 6.07) is 0. The van der Waals surface area contributed by atoms with Crippen LogP contribution in [-0.4, -0.2) is 37.7 Å². The third-order valence-corrected chi connectivity index (χ3v) is 8.00. The van der Waals surface area contributed by atoms with Crippen LogP contribution < -0.4 is 0 Å². The molecule has 2 rings (SSSR count). The monoisotopic (exact) mass is 414 g/mol. The number of rotatable bonds is 3. The van der Waals surface area contributed by atoms with E-state index in [4.69, 9.17) is 74.3 Å². The van der Waals surface area contributed by atoms with Gasteiger partial charge in [-0.25, -0.2) is 0 Å². The second-order valence-electron chi connectivity index (χ2n) is 4.67. The number of ether oxygens (including phenoxy) is 1. The molecule has 118 valence electrons. The van der Waals surface area contributed by atoms with Crippen molar-refractivity contribution in [2.75, 3.05) is 6.61 Å². The number of esters is 1. The zero-order chi connectivity index (χ0) is 16.4. The molecule has 10 heteroatoms. The number of fused-ring (bicyclic) bond motifs is 2. The van der Waals surface area contributed by atoms with Crippen LogP contribution in [0.2, 0.25) is 0 Å². The van der Waals surface area contributed by atoms with Gasteiger partial charge in [-0.2, -0.15) is 0 Å². The van der Waals surface area contributed by atoms with Crippen LogP contribution in [0.1, 0.15) is 6.92 Å². The van der Waals surface area contributed by atoms with E-state index < -0.39 is 37.9 Å². The first-order chi connectivity index (χ1) is 9.49. The van der Waals surface area contributed by atoms with Gasteiger partial charge in [-0.15, -0.1) is 23.2 Å². The number of carbonyl (C=O) groups excluding carboxylic acids is 1. The predicted molar refractivity (Wildman–Crippen MR) is 81.6 cm³/mol. The van der Waals surface area contributed by atoms with E-state index >= 15 is 0 Å². The lowest BCUT2D eigenvalue weighted by Gasteiger charge is -2.32. The number of allylic oxidation sites excluding steroid dienone is 2. The average molecular weight is 417 g/mol. The molecule has 0 aliphatic heterocycles. The normalized spacial score (nSPS) is 40.5. The van der Waals surface area contributed by atoms with Crippen molar-refractivity contribution in [1.29, 1.82) is 0 Å². The SMILES string of the molecule is CCOC(=O)[C@H]1[C@@H](C(=O)O)C2(Cl)C(Cl)=C(Cl)C1(Cl)C2(Cl)Cl. The van der Waals surface area contributed by atoms with E-state index in [0.717, 1.165) is 0 Å². The molecule has 2 aliphatic rings. The molecule has 0 aromatic heterocycles. The molecule has 0 radical (unpaired) electrons. The van der Waals surface area contributed by atoms with Crippen molar-refractivity contribution in [3.8, 4) is 0 Å². The minimum atomic E-state index is -2.10. The fourth-order valence-corrected chi connectivity index (χ4v) is 5.75. The van der Waals surface area contributed by atoms with Gasteiger partial charge in [0, 0.05) is 0 Å². The van der Waals surface area contributed by atoms with Gasteiger partial charge in [0.15, 0.2) is 4.33 Å². The molecular formula is C11H8Cl6O4. The Labute approximate surface area is 150 Å². The summed E-state index contributed by atoms with van der Waals surface area (Å²) in [6.45, 7) is 1.56. The number of halogens is 6. The molecule has 4 nitrogen and oxygen atoms in total. The van der Waals surface area contributed by atoms with Crippen molar-refractivity contribution in [2.45, 2.75) is 21.0 Å². The Bertz CT molecular complexity index is 561. The summed E-state index contributed by atoms with van der Waals surface area (Å²) in [5.41, 5.74) is 0. The molecule has 1 fully saturated rings. The van der Waals surface area contributed by atoms with E-state index in [2.05, 4.69) is 0 Å². The Morgan fingerprint density at radius 3 is 1.90 bits per heavy atom. The molecular weight excluding hydrogens is 409 g/mol.